The Balaban J connectivity index is 2.03. The third-order valence-corrected chi connectivity index (χ3v) is 4.86. The largest absolute Gasteiger partial charge is 0.383 e. The molecule has 3 heterocycles. The highest BCUT2D eigenvalue weighted by Crippen LogP contribution is 2.33. The molecule has 0 saturated heterocycles. The van der Waals surface area contributed by atoms with Crippen molar-refractivity contribution in [3.8, 4) is 27.8 Å². The maximum Gasteiger partial charge on any atom is 0.222 e. The molecule has 0 bridgehead atoms. The molecule has 8 heteroatoms. The molecule has 0 unspecified atom stereocenters. The Kier molecular flexibility index (Phi) is 5.64. The number of pyridine rings is 1. The number of nitrogen functional groups attached to an aromatic ring is 1. The number of rotatable bonds is 6. The first-order chi connectivity index (χ1) is 13.0. The van der Waals surface area contributed by atoms with E-state index in [9.17, 15) is 5.26 Å². The molecule has 3 N–H and O–H groups in total. The number of hydrogen-bond donors (Lipinski definition) is 2. The average molecular weight is 379 g/mol. The number of nitrogens with zero attached hydrogens (tertiary/aromatic N) is 5. The number of nitrogens with one attached hydrogen (secondary N) is 1. The molecule has 138 valence electrons. The van der Waals surface area contributed by atoms with Crippen LogP contribution in [-0.2, 0) is 6.54 Å². The molecule has 3 rings (SSSR count). The van der Waals surface area contributed by atoms with Crippen LogP contribution in [0.5, 0.6) is 0 Å². The maximum atomic E-state index is 9.54. The van der Waals surface area contributed by atoms with Crippen molar-refractivity contribution in [1.29, 1.82) is 5.26 Å². The Morgan fingerprint density at radius 3 is 2.63 bits per heavy atom. The van der Waals surface area contributed by atoms with Gasteiger partial charge in [-0.2, -0.15) is 5.26 Å². The van der Waals surface area contributed by atoms with E-state index in [0.29, 0.717) is 17.1 Å². The van der Waals surface area contributed by atoms with E-state index in [1.54, 1.807) is 23.7 Å². The minimum absolute atomic E-state index is 0.211. The van der Waals surface area contributed by atoms with Gasteiger partial charge in [0.15, 0.2) is 0 Å². The van der Waals surface area contributed by atoms with Crippen molar-refractivity contribution >= 4 is 23.1 Å². The molecule has 3 aromatic rings. The van der Waals surface area contributed by atoms with Gasteiger partial charge in [-0.05, 0) is 44.1 Å². The highest BCUT2D eigenvalue weighted by Gasteiger charge is 2.15. The standard InChI is InChI=1S/C19H21N7S/c1-4-22-19-23-8-13(9-24-19)14-6-16(25-18(21)15(14)7-20)17-5-12(11-27-17)10-26(2)3/h5-6,8-9,11H,4,10H2,1-3H3,(H2,21,25)(H,22,23,24). The number of nitrogens with two attached hydrogens (primary N) is 1. The fourth-order valence-electron chi connectivity index (χ4n) is 2.71. The van der Waals surface area contributed by atoms with E-state index in [1.165, 1.54) is 5.56 Å². The van der Waals surface area contributed by atoms with Crippen LogP contribution in [0.4, 0.5) is 11.8 Å². The molecule has 0 atom stereocenters. The molecule has 0 amide bonds. The summed E-state index contributed by atoms with van der Waals surface area (Å²) in [4.78, 5) is 16.1. The van der Waals surface area contributed by atoms with Gasteiger partial charge in [0.2, 0.25) is 5.95 Å². The van der Waals surface area contributed by atoms with E-state index in [0.717, 1.165) is 29.2 Å². The van der Waals surface area contributed by atoms with Crippen molar-refractivity contribution in [2.45, 2.75) is 13.5 Å². The van der Waals surface area contributed by atoms with Gasteiger partial charge >= 0.3 is 0 Å². The number of aromatic nitrogens is 3. The van der Waals surface area contributed by atoms with Gasteiger partial charge in [0.25, 0.3) is 0 Å². The molecule has 3 aromatic heterocycles. The molecule has 27 heavy (non-hydrogen) atoms. The summed E-state index contributed by atoms with van der Waals surface area (Å²) in [7, 11) is 4.06. The van der Waals surface area contributed by atoms with Crippen LogP contribution >= 0.6 is 11.3 Å². The number of nitriles is 1. The van der Waals surface area contributed by atoms with Gasteiger partial charge in [0.1, 0.15) is 17.5 Å². The Bertz CT molecular complexity index is 971. The van der Waals surface area contributed by atoms with Crippen molar-refractivity contribution in [3.05, 3.63) is 41.0 Å². The van der Waals surface area contributed by atoms with E-state index in [2.05, 4.69) is 42.7 Å². The van der Waals surface area contributed by atoms with Crippen LogP contribution in [0.15, 0.2) is 29.9 Å². The lowest BCUT2D eigenvalue weighted by molar-refractivity contribution is 0.403. The van der Waals surface area contributed by atoms with Gasteiger partial charge in [-0.1, -0.05) is 0 Å². The summed E-state index contributed by atoms with van der Waals surface area (Å²) in [6, 6.07) is 6.14. The van der Waals surface area contributed by atoms with Gasteiger partial charge in [-0.3, -0.25) is 0 Å². The van der Waals surface area contributed by atoms with Gasteiger partial charge in [-0.15, -0.1) is 11.3 Å². The van der Waals surface area contributed by atoms with Crippen molar-refractivity contribution in [2.75, 3.05) is 31.7 Å². The zero-order valence-electron chi connectivity index (χ0n) is 15.5. The third-order valence-electron chi connectivity index (χ3n) is 3.86. The van der Waals surface area contributed by atoms with Crippen LogP contribution in [-0.4, -0.2) is 40.5 Å². The smallest absolute Gasteiger partial charge is 0.222 e. The lowest BCUT2D eigenvalue weighted by Crippen LogP contribution is -2.09. The van der Waals surface area contributed by atoms with Gasteiger partial charge in [-0.25, -0.2) is 15.0 Å². The maximum absolute atomic E-state index is 9.54. The average Bonchev–Trinajstić information content (AvgIpc) is 3.10. The first kappa shape index (κ1) is 18.8. The minimum Gasteiger partial charge on any atom is -0.383 e. The van der Waals surface area contributed by atoms with Crippen LogP contribution in [0, 0.1) is 11.3 Å². The molecule has 0 radical (unpaired) electrons. The highest BCUT2D eigenvalue weighted by molar-refractivity contribution is 7.13. The molecule has 0 aliphatic rings. The monoisotopic (exact) mass is 379 g/mol. The van der Waals surface area contributed by atoms with E-state index >= 15 is 0 Å². The van der Waals surface area contributed by atoms with Gasteiger partial charge < -0.3 is 16.0 Å². The van der Waals surface area contributed by atoms with Crippen molar-refractivity contribution in [2.24, 2.45) is 0 Å². The number of anilines is 2. The lowest BCUT2D eigenvalue weighted by Gasteiger charge is -2.09. The Labute approximate surface area is 162 Å². The van der Waals surface area contributed by atoms with Crippen molar-refractivity contribution in [3.63, 3.8) is 0 Å². The first-order valence-electron chi connectivity index (χ1n) is 8.51. The summed E-state index contributed by atoms with van der Waals surface area (Å²) < 4.78 is 0. The second kappa shape index (κ2) is 8.12. The Morgan fingerprint density at radius 1 is 1.26 bits per heavy atom. The number of hydrogen-bond acceptors (Lipinski definition) is 8. The molecule has 7 nitrogen and oxygen atoms in total. The predicted molar refractivity (Wildman–Crippen MR) is 109 cm³/mol. The Hall–Kier alpha value is -3.02. The minimum atomic E-state index is 0.211. The van der Waals surface area contributed by atoms with Gasteiger partial charge in [0, 0.05) is 36.6 Å². The quantitative estimate of drug-likeness (QED) is 0.677. The summed E-state index contributed by atoms with van der Waals surface area (Å²) in [5.74, 6) is 0.761. The zero-order valence-corrected chi connectivity index (χ0v) is 16.3. The molecular formula is C19H21N7S. The summed E-state index contributed by atoms with van der Waals surface area (Å²) in [5, 5.41) is 14.7. The zero-order chi connectivity index (χ0) is 19.4. The van der Waals surface area contributed by atoms with E-state index in [1.807, 2.05) is 27.1 Å². The fourth-order valence-corrected chi connectivity index (χ4v) is 3.58. The molecule has 0 aromatic carbocycles. The number of thiophene rings is 1. The summed E-state index contributed by atoms with van der Waals surface area (Å²) in [6.07, 6.45) is 3.38. The molecule has 0 saturated carbocycles. The fraction of sp³-hybridized carbons (Fsp3) is 0.263. The van der Waals surface area contributed by atoms with E-state index in [4.69, 9.17) is 5.73 Å². The van der Waals surface area contributed by atoms with Gasteiger partial charge in [0.05, 0.1) is 10.6 Å². The second-order valence-electron chi connectivity index (χ2n) is 6.31. The highest BCUT2D eigenvalue weighted by atomic mass is 32.1. The first-order valence-corrected chi connectivity index (χ1v) is 9.39. The van der Waals surface area contributed by atoms with E-state index < -0.39 is 0 Å². The van der Waals surface area contributed by atoms with Crippen LogP contribution in [0.3, 0.4) is 0 Å². The van der Waals surface area contributed by atoms with Crippen LogP contribution in [0.25, 0.3) is 21.7 Å². The normalized spacial score (nSPS) is 10.8. The topological polar surface area (TPSA) is 104 Å². The van der Waals surface area contributed by atoms with Crippen LogP contribution < -0.4 is 11.1 Å². The summed E-state index contributed by atoms with van der Waals surface area (Å²) in [6.45, 7) is 3.57. The molecule has 0 aliphatic heterocycles. The molecule has 0 fully saturated rings. The molecule has 0 spiro atoms. The molecule has 0 aliphatic carbocycles. The Morgan fingerprint density at radius 2 is 2.00 bits per heavy atom. The lowest BCUT2D eigenvalue weighted by atomic mass is 10.0. The van der Waals surface area contributed by atoms with Crippen molar-refractivity contribution < 1.29 is 0 Å². The predicted octanol–water partition coefficient (Wildman–Crippen LogP) is 3.21. The van der Waals surface area contributed by atoms with Crippen LogP contribution in [0.2, 0.25) is 0 Å². The van der Waals surface area contributed by atoms with Crippen molar-refractivity contribution in [1.82, 2.24) is 19.9 Å². The summed E-state index contributed by atoms with van der Waals surface area (Å²) in [5.41, 5.74) is 9.79. The SMILES string of the molecule is CCNc1ncc(-c2cc(-c3cc(CN(C)C)cs3)nc(N)c2C#N)cn1. The molecular weight excluding hydrogens is 358 g/mol. The van der Waals surface area contributed by atoms with Crippen LogP contribution in [0.1, 0.15) is 18.1 Å². The third kappa shape index (κ3) is 4.22. The van der Waals surface area contributed by atoms with E-state index in [-0.39, 0.29) is 5.82 Å². The second-order valence-corrected chi connectivity index (χ2v) is 7.22. The summed E-state index contributed by atoms with van der Waals surface area (Å²) >= 11 is 1.61.